The lowest BCUT2D eigenvalue weighted by Gasteiger charge is -2.09. The molecule has 0 saturated heterocycles. The Balaban J connectivity index is 1.78. The number of nitrogens with zero attached hydrogens (tertiary/aromatic N) is 2. The van der Waals surface area contributed by atoms with E-state index in [0.29, 0.717) is 34.4 Å². The van der Waals surface area contributed by atoms with Gasteiger partial charge in [-0.3, -0.25) is 0 Å². The number of aliphatic imine (C=N–C) groups is 2. The molecule has 126 valence electrons. The van der Waals surface area contributed by atoms with Crippen molar-refractivity contribution in [2.24, 2.45) is 9.98 Å². The first-order valence-corrected chi connectivity index (χ1v) is 8.40. The molecule has 0 aliphatic rings. The van der Waals surface area contributed by atoms with Crippen LogP contribution in [0.2, 0.25) is 0 Å². The van der Waals surface area contributed by atoms with Crippen molar-refractivity contribution < 1.29 is 9.47 Å². The van der Waals surface area contributed by atoms with E-state index in [1.807, 2.05) is 54.6 Å². The maximum absolute atomic E-state index is 5.86. The van der Waals surface area contributed by atoms with Gasteiger partial charge in [0.15, 0.2) is 0 Å². The van der Waals surface area contributed by atoms with Crippen molar-refractivity contribution in [3.8, 4) is 23.0 Å². The van der Waals surface area contributed by atoms with Crippen LogP contribution in [0.15, 0.2) is 82.8 Å². The molecule has 0 aliphatic heterocycles. The number of hydrogen-bond donors (Lipinski definition) is 0. The highest BCUT2D eigenvalue weighted by Gasteiger charge is 2.03. The third-order valence-electron chi connectivity index (χ3n) is 3.26. The van der Waals surface area contributed by atoms with Gasteiger partial charge in [0.25, 0.3) is 0 Å². The van der Waals surface area contributed by atoms with Crippen LogP contribution in [0.4, 0.5) is 11.4 Å². The van der Waals surface area contributed by atoms with Crippen LogP contribution in [0.3, 0.4) is 0 Å². The zero-order valence-corrected chi connectivity index (χ0v) is 15.1. The van der Waals surface area contributed by atoms with Gasteiger partial charge in [-0.1, -0.05) is 18.2 Å². The molecule has 4 nitrogen and oxygen atoms in total. The maximum atomic E-state index is 5.86. The Labute approximate surface area is 161 Å². The number of hydrogen-bond acceptors (Lipinski definition) is 6. The molecule has 26 heavy (non-hydrogen) atoms. The van der Waals surface area contributed by atoms with E-state index in [9.17, 15) is 0 Å². The van der Waals surface area contributed by atoms with Gasteiger partial charge < -0.3 is 9.47 Å². The predicted octanol–water partition coefficient (Wildman–Crippen LogP) is 6.74. The van der Waals surface area contributed by atoms with E-state index in [-0.39, 0.29) is 0 Å². The average molecular weight is 376 g/mol. The Morgan fingerprint density at radius 3 is 1.38 bits per heavy atom. The Morgan fingerprint density at radius 2 is 0.962 bits per heavy atom. The normalized spacial score (nSPS) is 9.54. The zero-order valence-electron chi connectivity index (χ0n) is 13.5. The lowest BCUT2D eigenvalue weighted by Crippen LogP contribution is -1.87. The summed E-state index contributed by atoms with van der Waals surface area (Å²) < 4.78 is 11.7. The lowest BCUT2D eigenvalue weighted by molar-refractivity contribution is 0.460. The van der Waals surface area contributed by atoms with Crippen LogP contribution >= 0.6 is 24.4 Å². The van der Waals surface area contributed by atoms with E-state index in [2.05, 4.69) is 44.7 Å². The van der Waals surface area contributed by atoms with Gasteiger partial charge in [0.05, 0.1) is 21.7 Å². The summed E-state index contributed by atoms with van der Waals surface area (Å²) in [6.07, 6.45) is 0. The molecule has 0 unspecified atom stereocenters. The topological polar surface area (TPSA) is 43.2 Å². The van der Waals surface area contributed by atoms with Crippen LogP contribution in [0.5, 0.6) is 23.0 Å². The van der Waals surface area contributed by atoms with Crippen LogP contribution in [0, 0.1) is 0 Å². The highest BCUT2D eigenvalue weighted by molar-refractivity contribution is 7.78. The van der Waals surface area contributed by atoms with E-state index < -0.39 is 0 Å². The molecule has 0 amide bonds. The van der Waals surface area contributed by atoms with Crippen LogP contribution in [0.1, 0.15) is 0 Å². The summed E-state index contributed by atoms with van der Waals surface area (Å²) in [4.78, 5) is 7.89. The van der Waals surface area contributed by atoms with Crippen LogP contribution in [-0.2, 0) is 0 Å². The second-order valence-electron chi connectivity index (χ2n) is 5.08. The Morgan fingerprint density at radius 1 is 0.577 bits per heavy atom. The molecule has 0 atom stereocenters. The summed E-state index contributed by atoms with van der Waals surface area (Å²) in [5.41, 5.74) is 1.36. The number of benzene rings is 3. The van der Waals surface area contributed by atoms with Crippen molar-refractivity contribution >= 4 is 46.1 Å². The Kier molecular flexibility index (Phi) is 5.99. The molecule has 0 N–H and O–H groups in total. The van der Waals surface area contributed by atoms with E-state index in [4.69, 9.17) is 9.47 Å². The van der Waals surface area contributed by atoms with E-state index in [0.717, 1.165) is 0 Å². The molecule has 0 heterocycles. The molecule has 0 aromatic heterocycles. The largest absolute Gasteiger partial charge is 0.457 e. The van der Waals surface area contributed by atoms with E-state index >= 15 is 0 Å². The molecule has 3 aromatic carbocycles. The molecular formula is C20H12N2O2S2. The molecule has 0 fully saturated rings. The van der Waals surface area contributed by atoms with Crippen molar-refractivity contribution in [1.29, 1.82) is 0 Å². The summed E-state index contributed by atoms with van der Waals surface area (Å²) in [5.74, 6) is 2.56. The third kappa shape index (κ3) is 4.93. The van der Waals surface area contributed by atoms with E-state index in [1.54, 1.807) is 18.2 Å². The van der Waals surface area contributed by atoms with Gasteiger partial charge in [-0.15, -0.1) is 0 Å². The van der Waals surface area contributed by atoms with Gasteiger partial charge in [0.2, 0.25) is 0 Å². The maximum Gasteiger partial charge on any atom is 0.131 e. The van der Waals surface area contributed by atoms with Gasteiger partial charge in [-0.05, 0) is 60.8 Å². The second-order valence-corrected chi connectivity index (χ2v) is 5.45. The van der Waals surface area contributed by atoms with Gasteiger partial charge in [-0.25, -0.2) is 0 Å². The van der Waals surface area contributed by atoms with Crippen molar-refractivity contribution in [3.05, 3.63) is 72.8 Å². The van der Waals surface area contributed by atoms with Crippen molar-refractivity contribution in [2.45, 2.75) is 0 Å². The number of rotatable bonds is 6. The highest BCUT2D eigenvalue weighted by Crippen LogP contribution is 2.30. The minimum atomic E-state index is 0.638. The first-order chi connectivity index (χ1) is 12.8. The van der Waals surface area contributed by atoms with Crippen LogP contribution in [-0.4, -0.2) is 10.3 Å². The fraction of sp³-hybridized carbons (Fsp3) is 0. The van der Waals surface area contributed by atoms with Crippen molar-refractivity contribution in [2.75, 3.05) is 0 Å². The van der Waals surface area contributed by atoms with Crippen molar-refractivity contribution in [1.82, 2.24) is 0 Å². The minimum Gasteiger partial charge on any atom is -0.457 e. The first-order valence-electron chi connectivity index (χ1n) is 7.58. The monoisotopic (exact) mass is 376 g/mol. The fourth-order valence-electron chi connectivity index (χ4n) is 2.21. The molecule has 0 radical (unpaired) electrons. The standard InChI is InChI=1S/C20H12N2O2S2/c25-13-21-15-4-1-6-17(10-15)23-19-8-3-9-20(12-19)24-18-7-2-5-16(11-18)22-14-26/h1-12H. The summed E-state index contributed by atoms with van der Waals surface area (Å²) in [6.45, 7) is 0. The summed E-state index contributed by atoms with van der Waals surface area (Å²) in [5, 5.41) is 4.68. The van der Waals surface area contributed by atoms with Gasteiger partial charge in [0, 0.05) is 18.2 Å². The number of thiocarbonyl (C=S) groups is 2. The lowest BCUT2D eigenvalue weighted by atomic mass is 10.3. The van der Waals surface area contributed by atoms with Crippen molar-refractivity contribution in [3.63, 3.8) is 0 Å². The van der Waals surface area contributed by atoms with Crippen LogP contribution in [0.25, 0.3) is 0 Å². The van der Waals surface area contributed by atoms with E-state index in [1.165, 1.54) is 0 Å². The molecule has 6 heteroatoms. The van der Waals surface area contributed by atoms with Gasteiger partial charge >= 0.3 is 0 Å². The molecule has 0 bridgehead atoms. The molecule has 3 rings (SSSR count). The SMILES string of the molecule is S=C=Nc1cccc(Oc2cccc(Oc3cccc(N=C=S)c3)c2)c1. The summed E-state index contributed by atoms with van der Waals surface area (Å²) >= 11 is 9.24. The van der Waals surface area contributed by atoms with Gasteiger partial charge in [0.1, 0.15) is 23.0 Å². The summed E-state index contributed by atoms with van der Waals surface area (Å²) in [7, 11) is 0. The Hall–Kier alpha value is -3.14. The van der Waals surface area contributed by atoms with Crippen LogP contribution < -0.4 is 9.47 Å². The molecule has 3 aromatic rings. The first kappa shape index (κ1) is 17.7. The number of isothiocyanates is 2. The molecule has 0 saturated carbocycles. The highest BCUT2D eigenvalue weighted by atomic mass is 32.1. The predicted molar refractivity (Wildman–Crippen MR) is 109 cm³/mol. The number of ether oxygens (including phenoxy) is 2. The zero-order chi connectivity index (χ0) is 18.2. The molecule has 0 spiro atoms. The fourth-order valence-corrected chi connectivity index (χ4v) is 2.42. The Bertz CT molecular complexity index is 945. The third-order valence-corrected chi connectivity index (χ3v) is 3.44. The molecule has 0 aliphatic carbocycles. The summed E-state index contributed by atoms with van der Waals surface area (Å²) in [6, 6.07) is 21.9. The quantitative estimate of drug-likeness (QED) is 0.353. The minimum absolute atomic E-state index is 0.638. The smallest absolute Gasteiger partial charge is 0.131 e. The average Bonchev–Trinajstić information content (AvgIpc) is 2.63. The second kappa shape index (κ2) is 8.81. The van der Waals surface area contributed by atoms with Gasteiger partial charge in [-0.2, -0.15) is 9.98 Å². The molecular weight excluding hydrogens is 364 g/mol.